The molecule has 0 fully saturated rings. The van der Waals surface area contributed by atoms with E-state index < -0.39 is 35.4 Å². The zero-order valence-electron chi connectivity index (χ0n) is 38.2. The number of unbranched alkanes of at least 4 members (excludes halogenated alkanes) is 14. The van der Waals surface area contributed by atoms with Crippen molar-refractivity contribution in [3.05, 3.63) is 18.2 Å². The van der Waals surface area contributed by atoms with E-state index in [0.717, 1.165) is 25.7 Å². The van der Waals surface area contributed by atoms with Crippen LogP contribution in [-0.2, 0) is 49.5 Å². The quantitative estimate of drug-likeness (QED) is 0.0396. The summed E-state index contributed by atoms with van der Waals surface area (Å²) in [6, 6.07) is -1.90. The first-order valence-electron chi connectivity index (χ1n) is 23.4. The van der Waals surface area contributed by atoms with Gasteiger partial charge in [-0.1, -0.05) is 111 Å². The number of aliphatic carboxylic acids is 2. The topological polar surface area (TPSA) is 245 Å². The molecule has 354 valence electrons. The highest BCUT2D eigenvalue weighted by atomic mass is 16.5. The fourth-order valence-electron chi connectivity index (χ4n) is 7.22. The van der Waals surface area contributed by atoms with Crippen LogP contribution in [0.3, 0.4) is 0 Å². The predicted molar refractivity (Wildman–Crippen MR) is 238 cm³/mol. The Hall–Kier alpha value is -3.82. The van der Waals surface area contributed by atoms with Gasteiger partial charge in [-0.3, -0.25) is 28.8 Å². The highest BCUT2D eigenvalue weighted by Crippen LogP contribution is 2.28. The molecule has 1 amide bonds. The van der Waals surface area contributed by atoms with Crippen molar-refractivity contribution in [2.45, 2.75) is 200 Å². The molecule has 6 N–H and O–H groups in total. The summed E-state index contributed by atoms with van der Waals surface area (Å²) in [5, 5.41) is 21.8. The SMILES string of the molecule is CCCCCCCCCCCCCCCC(=O)N[C@@H](CCC(=O)CCCOCCOCC(=O)CCCCC[C@H](CC(=O)C(C)(C)CC(=O)[C@@H](N)Cc1cnc[nH]1)C(=O)O)C(=O)O. The van der Waals surface area contributed by atoms with Crippen LogP contribution in [0.25, 0.3) is 0 Å². The van der Waals surface area contributed by atoms with Gasteiger partial charge in [0.25, 0.3) is 0 Å². The smallest absolute Gasteiger partial charge is 0.326 e. The number of aromatic nitrogens is 2. The molecule has 3 atom stereocenters. The molecule has 0 aliphatic heterocycles. The van der Waals surface area contributed by atoms with Crippen molar-refractivity contribution >= 4 is 41.0 Å². The number of carbonyl (C=O) groups is 7. The summed E-state index contributed by atoms with van der Waals surface area (Å²) >= 11 is 0. The molecule has 0 aromatic carbocycles. The number of nitrogens with two attached hydrogens (primary N) is 1. The van der Waals surface area contributed by atoms with E-state index >= 15 is 0 Å². The maximum absolute atomic E-state index is 13.0. The van der Waals surface area contributed by atoms with Crippen LogP contribution in [0.15, 0.2) is 12.5 Å². The van der Waals surface area contributed by atoms with E-state index in [2.05, 4.69) is 22.2 Å². The van der Waals surface area contributed by atoms with E-state index in [-0.39, 0.29) is 107 Å². The number of nitrogens with one attached hydrogen (secondary N) is 2. The lowest BCUT2D eigenvalue weighted by atomic mass is 9.77. The third kappa shape index (κ3) is 28.7. The molecule has 0 saturated carbocycles. The fraction of sp³-hybridized carbons (Fsp3) is 0.787. The zero-order valence-corrected chi connectivity index (χ0v) is 38.2. The van der Waals surface area contributed by atoms with Crippen LogP contribution in [0.5, 0.6) is 0 Å². The first-order valence-corrected chi connectivity index (χ1v) is 23.4. The Balaban J connectivity index is 2.09. The Kier molecular flexibility index (Phi) is 31.4. The van der Waals surface area contributed by atoms with Crippen LogP contribution < -0.4 is 11.1 Å². The maximum Gasteiger partial charge on any atom is 0.326 e. The first kappa shape index (κ1) is 56.2. The van der Waals surface area contributed by atoms with E-state index in [1.165, 1.54) is 64.1 Å². The van der Waals surface area contributed by atoms with Crippen LogP contribution in [0.4, 0.5) is 0 Å². The molecule has 1 heterocycles. The highest BCUT2D eigenvalue weighted by Gasteiger charge is 2.35. The van der Waals surface area contributed by atoms with Crippen LogP contribution in [0.1, 0.15) is 187 Å². The van der Waals surface area contributed by atoms with Gasteiger partial charge in [0.15, 0.2) is 11.6 Å². The summed E-state index contributed by atoms with van der Waals surface area (Å²) < 4.78 is 10.9. The average Bonchev–Trinajstić information content (AvgIpc) is 3.74. The van der Waals surface area contributed by atoms with Gasteiger partial charge < -0.3 is 35.7 Å². The molecule has 1 aromatic rings. The minimum Gasteiger partial charge on any atom is -0.481 e. The van der Waals surface area contributed by atoms with E-state index in [4.69, 9.17) is 15.2 Å². The molecule has 0 aliphatic rings. The van der Waals surface area contributed by atoms with Gasteiger partial charge >= 0.3 is 11.9 Å². The number of imidazole rings is 1. The van der Waals surface area contributed by atoms with Crippen molar-refractivity contribution in [3.8, 4) is 0 Å². The van der Waals surface area contributed by atoms with Gasteiger partial charge in [0.1, 0.15) is 24.2 Å². The normalized spacial score (nSPS) is 13.0. The lowest BCUT2D eigenvalue weighted by molar-refractivity contribution is -0.145. The van der Waals surface area contributed by atoms with Crippen LogP contribution in [-0.4, -0.2) is 99.7 Å². The molecule has 0 saturated heterocycles. The number of nitrogens with zero attached hydrogens (tertiary/aromatic N) is 1. The number of ketones is 4. The largest absolute Gasteiger partial charge is 0.481 e. The number of hydrogen-bond donors (Lipinski definition) is 5. The van der Waals surface area contributed by atoms with Gasteiger partial charge in [-0.05, 0) is 32.1 Å². The maximum atomic E-state index is 13.0. The van der Waals surface area contributed by atoms with Crippen LogP contribution >= 0.6 is 0 Å². The number of Topliss-reactive ketones (excluding diaryl/α,β-unsaturated/α-hetero) is 4. The molecule has 0 radical (unpaired) electrons. The Bertz CT molecular complexity index is 1430. The molecular weight excluding hydrogens is 797 g/mol. The lowest BCUT2D eigenvalue weighted by Gasteiger charge is -2.25. The van der Waals surface area contributed by atoms with Crippen molar-refractivity contribution in [2.75, 3.05) is 26.4 Å². The summed E-state index contributed by atoms with van der Waals surface area (Å²) in [6.45, 7) is 6.17. The number of aromatic amines is 1. The number of amides is 1. The number of hydrogen-bond acceptors (Lipinski definition) is 11. The number of carboxylic acid groups (broad SMARTS) is 2. The number of carboxylic acids is 2. The monoisotopic (exact) mass is 877 g/mol. The Labute approximate surface area is 370 Å². The number of H-pyrrole nitrogens is 1. The average molecular weight is 877 g/mol. The fourth-order valence-corrected chi connectivity index (χ4v) is 7.22. The zero-order chi connectivity index (χ0) is 46.0. The van der Waals surface area contributed by atoms with Crippen molar-refractivity contribution in [2.24, 2.45) is 17.1 Å². The van der Waals surface area contributed by atoms with Gasteiger partial charge in [0, 0.05) is 68.9 Å². The molecule has 0 aliphatic carbocycles. The first-order chi connectivity index (χ1) is 29.7. The molecule has 0 unspecified atom stereocenters. The molecular formula is C47H80N4O11. The third-order valence-electron chi connectivity index (χ3n) is 11.3. The molecule has 1 aromatic heterocycles. The lowest BCUT2D eigenvalue weighted by Crippen LogP contribution is -2.41. The van der Waals surface area contributed by atoms with Gasteiger partial charge in [0.2, 0.25) is 5.91 Å². The van der Waals surface area contributed by atoms with Gasteiger partial charge in [-0.2, -0.15) is 0 Å². The molecule has 15 heteroatoms. The Morgan fingerprint density at radius 2 is 1.29 bits per heavy atom. The van der Waals surface area contributed by atoms with E-state index in [9.17, 15) is 43.8 Å². The number of ether oxygens (including phenoxy) is 2. The summed E-state index contributed by atoms with van der Waals surface area (Å²) in [4.78, 5) is 93.1. The molecule has 0 spiro atoms. The minimum atomic E-state index is -1.15. The van der Waals surface area contributed by atoms with Crippen molar-refractivity contribution in [1.29, 1.82) is 0 Å². The number of rotatable bonds is 43. The highest BCUT2D eigenvalue weighted by molar-refractivity contribution is 5.94. The van der Waals surface area contributed by atoms with Crippen LogP contribution in [0, 0.1) is 11.3 Å². The molecule has 1 rings (SSSR count). The molecule has 15 nitrogen and oxygen atoms in total. The van der Waals surface area contributed by atoms with E-state index in [1.54, 1.807) is 20.0 Å². The van der Waals surface area contributed by atoms with E-state index in [0.29, 0.717) is 38.0 Å². The second-order valence-corrected chi connectivity index (χ2v) is 17.5. The van der Waals surface area contributed by atoms with E-state index in [1.807, 2.05) is 0 Å². The second kappa shape index (κ2) is 34.6. The third-order valence-corrected chi connectivity index (χ3v) is 11.3. The Morgan fingerprint density at radius 1 is 0.710 bits per heavy atom. The Morgan fingerprint density at radius 3 is 1.89 bits per heavy atom. The summed E-state index contributed by atoms with van der Waals surface area (Å²) in [5.41, 5.74) is 5.68. The predicted octanol–water partition coefficient (Wildman–Crippen LogP) is 7.66. The minimum absolute atomic E-state index is 0.0407. The molecule has 62 heavy (non-hydrogen) atoms. The summed E-state index contributed by atoms with van der Waals surface area (Å²) in [7, 11) is 0. The van der Waals surface area contributed by atoms with Crippen molar-refractivity contribution in [1.82, 2.24) is 15.3 Å². The van der Waals surface area contributed by atoms with Gasteiger partial charge in [-0.25, -0.2) is 9.78 Å². The standard InChI is InChI=1S/C47H80N4O11/c1-4-5-6-7-8-9-10-11-12-13-14-15-19-24-44(56)51-41(46(59)60)26-25-38(52)23-20-27-61-28-29-62-34-39(53)22-18-16-17-21-36(45(57)58)30-43(55)47(2,3)32-42(54)40(48)31-37-33-49-35-50-37/h33,35-36,40-41H,4-32,34,48H2,1-3H3,(H,49,50)(H,51,56)(H,57,58)(H,59,60)/t36-,40+,41+/m1/s1. The summed E-state index contributed by atoms with van der Waals surface area (Å²) in [5.74, 6) is -4.19. The van der Waals surface area contributed by atoms with Gasteiger partial charge in [0.05, 0.1) is 31.5 Å². The van der Waals surface area contributed by atoms with Gasteiger partial charge in [-0.15, -0.1) is 0 Å². The van der Waals surface area contributed by atoms with Crippen molar-refractivity contribution in [3.63, 3.8) is 0 Å². The number of carbonyl (C=O) groups excluding carboxylic acids is 5. The second-order valence-electron chi connectivity index (χ2n) is 17.5. The van der Waals surface area contributed by atoms with Crippen molar-refractivity contribution < 1.29 is 53.2 Å². The summed E-state index contributed by atoms with van der Waals surface area (Å²) in [6.07, 6.45) is 22.0. The van der Waals surface area contributed by atoms with Crippen LogP contribution in [0.2, 0.25) is 0 Å². The molecule has 0 bridgehead atoms.